The molecule has 1 atom stereocenters. The zero-order chi connectivity index (χ0) is 15.5. The lowest BCUT2D eigenvalue weighted by atomic mass is 10.3. The van der Waals surface area contributed by atoms with Crippen LogP contribution in [0, 0.1) is 5.82 Å². The van der Waals surface area contributed by atoms with Crippen LogP contribution < -0.4 is 5.32 Å². The van der Waals surface area contributed by atoms with Gasteiger partial charge in [0.15, 0.2) is 5.58 Å². The maximum Gasteiger partial charge on any atom is 0.257 e. The smallest absolute Gasteiger partial charge is 0.257 e. The van der Waals surface area contributed by atoms with E-state index in [0.29, 0.717) is 10.8 Å². The minimum absolute atomic E-state index is 0.164. The molecule has 22 heavy (non-hydrogen) atoms. The van der Waals surface area contributed by atoms with E-state index in [-0.39, 0.29) is 11.6 Å². The lowest BCUT2D eigenvalue weighted by molar-refractivity contribution is -0.115. The van der Waals surface area contributed by atoms with E-state index in [2.05, 4.69) is 10.3 Å². The highest BCUT2D eigenvalue weighted by atomic mass is 32.2. The van der Waals surface area contributed by atoms with E-state index in [0.717, 1.165) is 5.52 Å². The molecule has 0 aliphatic rings. The van der Waals surface area contributed by atoms with Crippen LogP contribution in [-0.2, 0) is 4.79 Å². The lowest BCUT2D eigenvalue weighted by Gasteiger charge is -2.10. The highest BCUT2D eigenvalue weighted by Crippen LogP contribution is 2.27. The number of fused-ring (bicyclic) bond motifs is 1. The Hall–Kier alpha value is -2.34. The summed E-state index contributed by atoms with van der Waals surface area (Å²) in [7, 11) is 0. The molecule has 3 rings (SSSR count). The molecule has 0 aliphatic heterocycles. The number of anilines is 1. The summed E-state index contributed by atoms with van der Waals surface area (Å²) in [5, 5.41) is 2.51. The maximum absolute atomic E-state index is 13.5. The van der Waals surface area contributed by atoms with Crippen molar-refractivity contribution < 1.29 is 13.6 Å². The van der Waals surface area contributed by atoms with Crippen LogP contribution in [0.4, 0.5) is 10.1 Å². The largest absolute Gasteiger partial charge is 0.431 e. The maximum atomic E-state index is 13.5. The van der Waals surface area contributed by atoms with Gasteiger partial charge in [0.1, 0.15) is 11.3 Å². The van der Waals surface area contributed by atoms with Gasteiger partial charge in [0.05, 0.1) is 10.9 Å². The number of hydrogen-bond acceptors (Lipinski definition) is 4. The molecule has 1 aromatic heterocycles. The molecule has 1 unspecified atom stereocenters. The number of hydrogen-bond donors (Lipinski definition) is 1. The molecule has 4 nitrogen and oxygen atoms in total. The Labute approximate surface area is 130 Å². The van der Waals surface area contributed by atoms with Crippen LogP contribution in [0.3, 0.4) is 0 Å². The number of benzene rings is 2. The standard InChI is InChI=1S/C16H13FN2O2S/c1-10(15(20)18-12-7-3-2-6-11(12)17)22-16-19-13-8-4-5-9-14(13)21-16/h2-10H,1H3,(H,18,20). The Morgan fingerprint density at radius 2 is 1.95 bits per heavy atom. The van der Waals surface area contributed by atoms with Crippen LogP contribution in [0.5, 0.6) is 0 Å². The molecule has 3 aromatic rings. The number of nitrogens with zero attached hydrogens (tertiary/aromatic N) is 1. The first-order valence-electron chi connectivity index (χ1n) is 6.71. The number of oxazole rings is 1. The molecule has 0 aliphatic carbocycles. The molecular weight excluding hydrogens is 303 g/mol. The van der Waals surface area contributed by atoms with Crippen molar-refractivity contribution in [3.63, 3.8) is 0 Å². The quantitative estimate of drug-likeness (QED) is 0.737. The van der Waals surface area contributed by atoms with Crippen LogP contribution in [0.1, 0.15) is 6.92 Å². The molecule has 0 spiro atoms. The first-order chi connectivity index (χ1) is 10.6. The van der Waals surface area contributed by atoms with Gasteiger partial charge in [-0.2, -0.15) is 0 Å². The van der Waals surface area contributed by atoms with Gasteiger partial charge >= 0.3 is 0 Å². The predicted octanol–water partition coefficient (Wildman–Crippen LogP) is 4.09. The number of rotatable bonds is 4. The normalized spacial score (nSPS) is 12.3. The minimum Gasteiger partial charge on any atom is -0.431 e. The second-order valence-corrected chi connectivity index (χ2v) is 5.97. The molecule has 1 N–H and O–H groups in total. The van der Waals surface area contributed by atoms with Crippen LogP contribution in [0.15, 0.2) is 58.2 Å². The number of halogens is 1. The number of amides is 1. The van der Waals surface area contributed by atoms with Gasteiger partial charge in [-0.05, 0) is 31.2 Å². The Bertz CT molecular complexity index is 786. The second kappa shape index (κ2) is 6.19. The Balaban J connectivity index is 1.69. The van der Waals surface area contributed by atoms with Crippen LogP contribution in [-0.4, -0.2) is 16.1 Å². The number of nitrogens with one attached hydrogen (secondary N) is 1. The summed E-state index contributed by atoms with van der Waals surface area (Å²) in [5.74, 6) is -0.771. The Morgan fingerprint density at radius 3 is 2.73 bits per heavy atom. The molecule has 1 amide bonds. The van der Waals surface area contributed by atoms with E-state index in [1.165, 1.54) is 23.9 Å². The van der Waals surface area contributed by atoms with Gasteiger partial charge in [-0.1, -0.05) is 36.0 Å². The molecular formula is C16H13FN2O2S. The van der Waals surface area contributed by atoms with E-state index >= 15 is 0 Å². The van der Waals surface area contributed by atoms with Crippen molar-refractivity contribution in [3.05, 3.63) is 54.3 Å². The van der Waals surface area contributed by atoms with Crippen molar-refractivity contribution in [2.75, 3.05) is 5.32 Å². The van der Waals surface area contributed by atoms with Crippen LogP contribution in [0.2, 0.25) is 0 Å². The van der Waals surface area contributed by atoms with Crippen molar-refractivity contribution in [3.8, 4) is 0 Å². The monoisotopic (exact) mass is 316 g/mol. The average molecular weight is 316 g/mol. The van der Waals surface area contributed by atoms with E-state index in [1.54, 1.807) is 19.1 Å². The van der Waals surface area contributed by atoms with E-state index in [1.807, 2.05) is 24.3 Å². The van der Waals surface area contributed by atoms with Gasteiger partial charge < -0.3 is 9.73 Å². The molecule has 0 saturated carbocycles. The fourth-order valence-corrected chi connectivity index (χ4v) is 2.66. The van der Waals surface area contributed by atoms with Gasteiger partial charge in [-0.15, -0.1) is 0 Å². The lowest BCUT2D eigenvalue weighted by Crippen LogP contribution is -2.22. The predicted molar refractivity (Wildman–Crippen MR) is 84.4 cm³/mol. The van der Waals surface area contributed by atoms with Crippen LogP contribution >= 0.6 is 11.8 Å². The summed E-state index contributed by atoms with van der Waals surface area (Å²) in [6.45, 7) is 1.72. The fourth-order valence-electron chi connectivity index (χ4n) is 1.90. The summed E-state index contributed by atoms with van der Waals surface area (Å²) >= 11 is 1.19. The van der Waals surface area contributed by atoms with Crippen molar-refractivity contribution in [2.45, 2.75) is 17.4 Å². The summed E-state index contributed by atoms with van der Waals surface area (Å²) in [4.78, 5) is 16.4. The third-order valence-electron chi connectivity index (χ3n) is 3.05. The molecule has 112 valence electrons. The van der Waals surface area contributed by atoms with Gasteiger partial charge in [-0.3, -0.25) is 4.79 Å². The van der Waals surface area contributed by atoms with Gasteiger partial charge in [0.25, 0.3) is 5.22 Å². The summed E-state index contributed by atoms with van der Waals surface area (Å²) in [6, 6.07) is 13.4. The first-order valence-corrected chi connectivity index (χ1v) is 7.59. The van der Waals surface area contributed by atoms with E-state index in [4.69, 9.17) is 4.42 Å². The number of carbonyl (C=O) groups excluding carboxylic acids is 1. The Morgan fingerprint density at radius 1 is 1.23 bits per heavy atom. The van der Waals surface area contributed by atoms with Crippen molar-refractivity contribution in [1.82, 2.24) is 4.98 Å². The van der Waals surface area contributed by atoms with Gasteiger partial charge in [-0.25, -0.2) is 9.37 Å². The highest BCUT2D eigenvalue weighted by molar-refractivity contribution is 8.00. The first kappa shape index (κ1) is 14.6. The summed E-state index contributed by atoms with van der Waals surface area (Å²) in [6.07, 6.45) is 0. The zero-order valence-corrected chi connectivity index (χ0v) is 12.6. The Kier molecular flexibility index (Phi) is 4.11. The third-order valence-corrected chi connectivity index (χ3v) is 4.00. The molecule has 0 radical (unpaired) electrons. The van der Waals surface area contributed by atoms with Crippen molar-refractivity contribution in [2.24, 2.45) is 0 Å². The number of carbonyl (C=O) groups is 1. The topological polar surface area (TPSA) is 55.1 Å². The van der Waals surface area contributed by atoms with Crippen LogP contribution in [0.25, 0.3) is 11.1 Å². The third kappa shape index (κ3) is 3.12. The van der Waals surface area contributed by atoms with Crippen molar-refractivity contribution >= 4 is 34.5 Å². The summed E-state index contributed by atoms with van der Waals surface area (Å²) < 4.78 is 19.1. The zero-order valence-electron chi connectivity index (χ0n) is 11.7. The number of aromatic nitrogens is 1. The SMILES string of the molecule is CC(Sc1nc2ccccc2o1)C(=O)Nc1ccccc1F. The van der Waals surface area contributed by atoms with E-state index in [9.17, 15) is 9.18 Å². The van der Waals surface area contributed by atoms with Crippen molar-refractivity contribution in [1.29, 1.82) is 0 Å². The molecule has 0 fully saturated rings. The number of para-hydroxylation sites is 3. The molecule has 6 heteroatoms. The summed E-state index contributed by atoms with van der Waals surface area (Å²) in [5.41, 5.74) is 1.58. The van der Waals surface area contributed by atoms with E-state index < -0.39 is 11.1 Å². The number of thioether (sulfide) groups is 1. The second-order valence-electron chi connectivity index (χ2n) is 4.68. The fraction of sp³-hybridized carbons (Fsp3) is 0.125. The van der Waals surface area contributed by atoms with Gasteiger partial charge in [0, 0.05) is 0 Å². The molecule has 0 bridgehead atoms. The molecule has 1 heterocycles. The van der Waals surface area contributed by atoms with Gasteiger partial charge in [0.2, 0.25) is 5.91 Å². The molecule has 2 aromatic carbocycles. The highest BCUT2D eigenvalue weighted by Gasteiger charge is 2.19. The average Bonchev–Trinajstić information content (AvgIpc) is 2.91. The molecule has 0 saturated heterocycles. The minimum atomic E-state index is -0.465.